The Kier molecular flexibility index (Phi) is 11.9. The molecule has 4 rings (SSSR count). The Morgan fingerprint density at radius 1 is 0.714 bits per heavy atom. The number of amides is 2. The molecule has 0 fully saturated rings. The van der Waals surface area contributed by atoms with Crippen molar-refractivity contribution in [3.8, 4) is 0 Å². The van der Waals surface area contributed by atoms with Crippen LogP contribution in [0.2, 0.25) is 0 Å². The van der Waals surface area contributed by atoms with E-state index in [9.17, 15) is 39.4 Å². The summed E-state index contributed by atoms with van der Waals surface area (Å²) >= 11 is 1.91. The van der Waals surface area contributed by atoms with Crippen molar-refractivity contribution >= 4 is 57.4 Å². The molecule has 0 bridgehead atoms. The van der Waals surface area contributed by atoms with Crippen LogP contribution in [0.3, 0.4) is 0 Å². The standard InChI is InChI=1S/C24H16N6O8S2.2ClH/c31-19(21-7-17(13-39-21)29(35)36)11-27-5-1-3-15(9-27)23(33)25-26-24(34)16-4-2-6-28(10-16)12-20(32)22-8-18(14-40-22)30(37)38;;/h1-10,13-14H,11-12H2;2*1H. The molecule has 4 heterocycles. The van der Waals surface area contributed by atoms with Crippen LogP contribution in [0.15, 0.2) is 71.9 Å². The summed E-state index contributed by atoms with van der Waals surface area (Å²) in [5.41, 5.74) is 4.47. The number of rotatable bonds is 10. The second-order valence-corrected chi connectivity index (χ2v) is 9.96. The highest BCUT2D eigenvalue weighted by molar-refractivity contribution is 7.12. The van der Waals surface area contributed by atoms with E-state index in [0.717, 1.165) is 22.7 Å². The molecule has 2 N–H and O–H groups in total. The Morgan fingerprint density at radius 2 is 1.10 bits per heavy atom. The molecule has 0 aliphatic carbocycles. The lowest BCUT2D eigenvalue weighted by Crippen LogP contribution is -3.00. The molecule has 0 spiro atoms. The predicted molar refractivity (Wildman–Crippen MR) is 139 cm³/mol. The average molecular weight is 653 g/mol. The number of ketones is 2. The Morgan fingerprint density at radius 3 is 1.43 bits per heavy atom. The smallest absolute Gasteiger partial charge is 0.280 e. The second-order valence-electron chi connectivity index (χ2n) is 8.14. The van der Waals surface area contributed by atoms with Crippen molar-refractivity contribution in [2.75, 3.05) is 0 Å². The number of hydrogen-bond acceptors (Lipinski definition) is 10. The number of Topliss-reactive ketones (excluding diaryl/α,β-unsaturated/α-hetero) is 2. The minimum atomic E-state index is -0.666. The van der Waals surface area contributed by atoms with Gasteiger partial charge in [0.1, 0.15) is 11.1 Å². The molecule has 0 atom stereocenters. The number of hydrazine groups is 1. The van der Waals surface area contributed by atoms with E-state index < -0.39 is 21.7 Å². The maximum atomic E-state index is 12.6. The third kappa shape index (κ3) is 8.43. The summed E-state index contributed by atoms with van der Waals surface area (Å²) in [4.78, 5) is 71.0. The van der Waals surface area contributed by atoms with Crippen molar-refractivity contribution in [3.63, 3.8) is 0 Å². The topological polar surface area (TPSA) is 186 Å². The van der Waals surface area contributed by atoms with Gasteiger partial charge < -0.3 is 24.8 Å². The molecule has 18 heteroatoms. The van der Waals surface area contributed by atoms with E-state index in [1.165, 1.54) is 68.7 Å². The lowest BCUT2D eigenvalue weighted by molar-refractivity contribution is -0.683. The zero-order chi connectivity index (χ0) is 28.8. The van der Waals surface area contributed by atoms with Gasteiger partial charge in [0.05, 0.1) is 30.4 Å². The number of pyridine rings is 2. The first kappa shape index (κ1) is 33.6. The molecule has 0 aliphatic heterocycles. The third-order valence-electron chi connectivity index (χ3n) is 5.33. The zero-order valence-corrected chi connectivity index (χ0v) is 24.1. The van der Waals surface area contributed by atoms with Gasteiger partial charge in [-0.2, -0.15) is 9.13 Å². The number of carbonyl (C=O) groups is 4. The largest absolute Gasteiger partial charge is 1.00 e. The normalized spacial score (nSPS) is 10.0. The monoisotopic (exact) mass is 652 g/mol. The van der Waals surface area contributed by atoms with Crippen LogP contribution < -0.4 is 44.8 Å². The number of halogens is 2. The summed E-state index contributed by atoms with van der Waals surface area (Å²) in [6.07, 6.45) is 5.87. The van der Waals surface area contributed by atoms with Crippen molar-refractivity contribution in [3.05, 3.63) is 113 Å². The van der Waals surface area contributed by atoms with Gasteiger partial charge in [-0.25, -0.2) is 0 Å². The van der Waals surface area contributed by atoms with Gasteiger partial charge in [0.25, 0.3) is 23.2 Å². The summed E-state index contributed by atoms with van der Waals surface area (Å²) in [6, 6.07) is 8.37. The van der Waals surface area contributed by atoms with E-state index in [-0.39, 0.29) is 81.7 Å². The fraction of sp³-hybridized carbons (Fsp3) is 0.0833. The highest BCUT2D eigenvalue weighted by Gasteiger charge is 2.21. The van der Waals surface area contributed by atoms with E-state index in [1.54, 1.807) is 12.4 Å². The molecule has 218 valence electrons. The molecule has 42 heavy (non-hydrogen) atoms. The lowest BCUT2D eigenvalue weighted by atomic mass is 10.2. The van der Waals surface area contributed by atoms with Crippen molar-refractivity contribution in [2.24, 2.45) is 0 Å². The summed E-state index contributed by atoms with van der Waals surface area (Å²) in [5, 5.41) is 24.2. The molecule has 4 aromatic heterocycles. The maximum absolute atomic E-state index is 12.6. The molecule has 0 aliphatic rings. The Bertz CT molecular complexity index is 1550. The van der Waals surface area contributed by atoms with Gasteiger partial charge in [-0.15, -0.1) is 22.7 Å². The molecule has 2 amide bonds. The number of hydrogen-bond donors (Lipinski definition) is 2. The first-order valence-electron chi connectivity index (χ1n) is 11.2. The number of nitrogens with one attached hydrogen (secondary N) is 2. The molecule has 14 nitrogen and oxygen atoms in total. The van der Waals surface area contributed by atoms with E-state index in [4.69, 9.17) is 0 Å². The molecule has 4 aromatic rings. The van der Waals surface area contributed by atoms with Crippen LogP contribution in [-0.4, -0.2) is 33.2 Å². The van der Waals surface area contributed by atoms with E-state index in [2.05, 4.69) is 10.9 Å². The SMILES string of the molecule is O=C(NNC(=O)c1ccc[n+](CC(=O)c2cc([N+](=O)[O-])cs2)c1)c1ccc[n+](CC(=O)c2cc([N+](=O)[O-])cs2)c1.[Cl-].[Cl-]. The van der Waals surface area contributed by atoms with E-state index in [1.807, 2.05) is 0 Å². The fourth-order valence-corrected chi connectivity index (χ4v) is 4.96. The molecular weight excluding hydrogens is 635 g/mol. The minimum absolute atomic E-state index is 0. The van der Waals surface area contributed by atoms with Crippen molar-refractivity contribution < 1.29 is 63.0 Å². The van der Waals surface area contributed by atoms with Crippen molar-refractivity contribution in [2.45, 2.75) is 13.1 Å². The molecule has 0 saturated heterocycles. The number of nitro groups is 2. The molecular formula is C24H18Cl2N6O8S2. The van der Waals surface area contributed by atoms with Crippen LogP contribution in [0, 0.1) is 20.2 Å². The van der Waals surface area contributed by atoms with E-state index >= 15 is 0 Å². The molecule has 0 radical (unpaired) electrons. The van der Waals surface area contributed by atoms with Gasteiger partial charge >= 0.3 is 0 Å². The zero-order valence-electron chi connectivity index (χ0n) is 21.0. The Labute approximate surface area is 256 Å². The molecule has 0 aromatic carbocycles. The highest BCUT2D eigenvalue weighted by Crippen LogP contribution is 2.22. The van der Waals surface area contributed by atoms with Crippen LogP contribution in [-0.2, 0) is 13.1 Å². The summed E-state index contributed by atoms with van der Waals surface area (Å²) in [7, 11) is 0. The molecule has 0 unspecified atom stereocenters. The Balaban J connectivity index is 0.00000308. The highest BCUT2D eigenvalue weighted by atomic mass is 35.5. The van der Waals surface area contributed by atoms with E-state index in [0.29, 0.717) is 0 Å². The van der Waals surface area contributed by atoms with Gasteiger partial charge in [-0.05, 0) is 12.1 Å². The average Bonchev–Trinajstić information content (AvgIpc) is 3.63. The maximum Gasteiger partial charge on any atom is 0.280 e. The summed E-state index contributed by atoms with van der Waals surface area (Å²) < 4.78 is 2.87. The van der Waals surface area contributed by atoms with Gasteiger partial charge in [0.2, 0.25) is 24.7 Å². The molecule has 0 saturated carbocycles. The predicted octanol–water partition coefficient (Wildman–Crippen LogP) is -3.95. The van der Waals surface area contributed by atoms with Crippen LogP contribution in [0.4, 0.5) is 11.4 Å². The number of aromatic nitrogens is 2. The van der Waals surface area contributed by atoms with Gasteiger partial charge in [-0.1, -0.05) is 0 Å². The first-order chi connectivity index (χ1) is 19.1. The fourth-order valence-electron chi connectivity index (χ4n) is 3.39. The first-order valence-corrected chi connectivity index (χ1v) is 13.0. The lowest BCUT2D eigenvalue weighted by Gasteiger charge is -2.06. The van der Waals surface area contributed by atoms with Gasteiger partial charge in [0, 0.05) is 24.3 Å². The van der Waals surface area contributed by atoms with Crippen LogP contribution in [0.25, 0.3) is 0 Å². The van der Waals surface area contributed by atoms with Crippen LogP contribution in [0.1, 0.15) is 40.1 Å². The number of carbonyl (C=O) groups excluding carboxylic acids is 4. The Hall–Kier alpha value is -4.64. The van der Waals surface area contributed by atoms with Crippen LogP contribution in [0.5, 0.6) is 0 Å². The summed E-state index contributed by atoms with van der Waals surface area (Å²) in [6.45, 7) is -0.320. The third-order valence-corrected chi connectivity index (χ3v) is 7.24. The van der Waals surface area contributed by atoms with Crippen LogP contribution >= 0.6 is 22.7 Å². The van der Waals surface area contributed by atoms with Crippen molar-refractivity contribution in [1.29, 1.82) is 0 Å². The van der Waals surface area contributed by atoms with Crippen molar-refractivity contribution in [1.82, 2.24) is 10.9 Å². The number of thiophene rings is 2. The minimum Gasteiger partial charge on any atom is -1.00 e. The van der Waals surface area contributed by atoms with Gasteiger partial charge in [-0.3, -0.25) is 50.3 Å². The summed E-state index contributed by atoms with van der Waals surface area (Å²) in [5.74, 6) is -2.08. The second kappa shape index (κ2) is 14.8. The quantitative estimate of drug-likeness (QED) is 0.0752. The number of nitrogens with zero attached hydrogens (tertiary/aromatic N) is 4. The van der Waals surface area contributed by atoms with Gasteiger partial charge in [0.15, 0.2) is 24.8 Å².